The lowest BCUT2D eigenvalue weighted by molar-refractivity contribution is 0.474. The SMILES string of the molecule is CN=C(NC1CC1c1ccccc1F)N(C)Cc1ccc(F)cc1.I. The maximum absolute atomic E-state index is 13.9. The summed E-state index contributed by atoms with van der Waals surface area (Å²) in [7, 11) is 3.66. The molecule has 0 bridgehead atoms. The fourth-order valence-electron chi connectivity index (χ4n) is 2.92. The van der Waals surface area contributed by atoms with Gasteiger partial charge in [0.2, 0.25) is 0 Å². The van der Waals surface area contributed by atoms with E-state index in [-0.39, 0.29) is 47.6 Å². The van der Waals surface area contributed by atoms with Gasteiger partial charge >= 0.3 is 0 Å². The van der Waals surface area contributed by atoms with Gasteiger partial charge in [0.1, 0.15) is 11.6 Å². The Morgan fingerprint density at radius 2 is 1.84 bits per heavy atom. The average molecular weight is 457 g/mol. The Balaban J connectivity index is 0.00000225. The second kappa shape index (κ2) is 8.60. The summed E-state index contributed by atoms with van der Waals surface area (Å²) >= 11 is 0. The van der Waals surface area contributed by atoms with Crippen molar-refractivity contribution in [3.63, 3.8) is 0 Å². The summed E-state index contributed by atoms with van der Waals surface area (Å²) < 4.78 is 26.8. The molecule has 0 radical (unpaired) electrons. The van der Waals surface area contributed by atoms with E-state index in [2.05, 4.69) is 10.3 Å². The smallest absolute Gasteiger partial charge is 0.193 e. The first-order chi connectivity index (χ1) is 11.6. The molecule has 2 aromatic carbocycles. The van der Waals surface area contributed by atoms with Crippen molar-refractivity contribution in [1.82, 2.24) is 10.2 Å². The molecule has 2 unspecified atom stereocenters. The molecule has 0 heterocycles. The number of benzene rings is 2. The van der Waals surface area contributed by atoms with Crippen molar-refractivity contribution < 1.29 is 8.78 Å². The molecule has 6 heteroatoms. The molecule has 1 aliphatic rings. The van der Waals surface area contributed by atoms with Crippen molar-refractivity contribution >= 4 is 29.9 Å². The first-order valence-electron chi connectivity index (χ1n) is 8.02. The molecule has 0 aliphatic heterocycles. The molecule has 1 aliphatic carbocycles. The van der Waals surface area contributed by atoms with E-state index in [1.54, 1.807) is 25.2 Å². The van der Waals surface area contributed by atoms with Gasteiger partial charge in [-0.25, -0.2) is 8.78 Å². The van der Waals surface area contributed by atoms with Crippen LogP contribution in [-0.2, 0) is 6.54 Å². The highest BCUT2D eigenvalue weighted by molar-refractivity contribution is 14.0. The van der Waals surface area contributed by atoms with Gasteiger partial charge < -0.3 is 10.2 Å². The molecule has 3 nitrogen and oxygen atoms in total. The lowest BCUT2D eigenvalue weighted by Crippen LogP contribution is -2.40. The van der Waals surface area contributed by atoms with Gasteiger partial charge in [-0.05, 0) is 35.7 Å². The van der Waals surface area contributed by atoms with Gasteiger partial charge in [-0.15, -0.1) is 24.0 Å². The van der Waals surface area contributed by atoms with Crippen LogP contribution in [0.3, 0.4) is 0 Å². The van der Waals surface area contributed by atoms with Crippen LogP contribution in [0.1, 0.15) is 23.5 Å². The third kappa shape index (κ3) is 4.90. The Labute approximate surface area is 164 Å². The van der Waals surface area contributed by atoms with Crippen molar-refractivity contribution in [3.05, 3.63) is 71.3 Å². The van der Waals surface area contributed by atoms with Crippen molar-refractivity contribution in [2.24, 2.45) is 4.99 Å². The molecule has 1 N–H and O–H groups in total. The summed E-state index contributed by atoms with van der Waals surface area (Å²) in [6.45, 7) is 0.622. The molecule has 2 aromatic rings. The summed E-state index contributed by atoms with van der Waals surface area (Å²) in [4.78, 5) is 6.27. The third-order valence-electron chi connectivity index (χ3n) is 4.32. The lowest BCUT2D eigenvalue weighted by Gasteiger charge is -2.22. The topological polar surface area (TPSA) is 27.6 Å². The number of nitrogens with zero attached hydrogens (tertiary/aromatic N) is 2. The normalized spacial score (nSPS) is 19.1. The predicted molar refractivity (Wildman–Crippen MR) is 107 cm³/mol. The first-order valence-corrected chi connectivity index (χ1v) is 8.02. The molecule has 2 atom stereocenters. The third-order valence-corrected chi connectivity index (χ3v) is 4.32. The standard InChI is InChI=1S/C19H21F2N3.HI/c1-22-19(24(2)12-13-7-9-14(20)10-8-13)23-18-11-16(18)15-5-3-4-6-17(15)21;/h3-10,16,18H,11-12H2,1-2H3,(H,22,23);1H. The maximum Gasteiger partial charge on any atom is 0.193 e. The fraction of sp³-hybridized carbons (Fsp3) is 0.316. The van der Waals surface area contributed by atoms with Crippen molar-refractivity contribution in [2.45, 2.75) is 24.9 Å². The van der Waals surface area contributed by atoms with Crippen molar-refractivity contribution in [2.75, 3.05) is 14.1 Å². The minimum Gasteiger partial charge on any atom is -0.353 e. The summed E-state index contributed by atoms with van der Waals surface area (Å²) in [5.74, 6) is 0.543. The average Bonchev–Trinajstić information content (AvgIpc) is 3.34. The number of guanidine groups is 1. The van der Waals surface area contributed by atoms with Crippen LogP contribution in [0.2, 0.25) is 0 Å². The Morgan fingerprint density at radius 3 is 2.48 bits per heavy atom. The Hall–Kier alpha value is -1.70. The van der Waals surface area contributed by atoms with Gasteiger partial charge in [0, 0.05) is 32.6 Å². The molecular formula is C19H22F2IN3. The fourth-order valence-corrected chi connectivity index (χ4v) is 2.92. The van der Waals surface area contributed by atoms with Crippen LogP contribution in [0.4, 0.5) is 8.78 Å². The Morgan fingerprint density at radius 1 is 1.16 bits per heavy atom. The van der Waals surface area contributed by atoms with Gasteiger partial charge in [-0.3, -0.25) is 4.99 Å². The van der Waals surface area contributed by atoms with Crippen LogP contribution in [0, 0.1) is 11.6 Å². The zero-order valence-corrected chi connectivity index (χ0v) is 16.6. The maximum atomic E-state index is 13.9. The molecule has 1 fully saturated rings. The number of nitrogens with one attached hydrogen (secondary N) is 1. The van der Waals surface area contributed by atoms with Crippen LogP contribution in [0.5, 0.6) is 0 Å². The minimum atomic E-state index is -0.241. The summed E-state index contributed by atoms with van der Waals surface area (Å²) in [6, 6.07) is 13.5. The van der Waals surface area contributed by atoms with E-state index in [1.807, 2.05) is 24.1 Å². The quantitative estimate of drug-likeness (QED) is 0.425. The minimum absolute atomic E-state index is 0. The van der Waals surface area contributed by atoms with E-state index < -0.39 is 0 Å². The van der Waals surface area contributed by atoms with Crippen LogP contribution in [0.25, 0.3) is 0 Å². The number of aliphatic imine (C=N–C) groups is 1. The summed E-state index contributed by atoms with van der Waals surface area (Å²) in [5.41, 5.74) is 1.76. The van der Waals surface area contributed by atoms with Crippen LogP contribution >= 0.6 is 24.0 Å². The second-order valence-electron chi connectivity index (χ2n) is 6.14. The zero-order chi connectivity index (χ0) is 17.1. The van der Waals surface area contributed by atoms with Gasteiger partial charge in [0.05, 0.1) is 0 Å². The molecule has 0 spiro atoms. The van der Waals surface area contributed by atoms with Crippen LogP contribution in [-0.4, -0.2) is 31.0 Å². The summed E-state index contributed by atoms with van der Waals surface area (Å²) in [5, 5.41) is 3.38. The van der Waals surface area contributed by atoms with E-state index in [9.17, 15) is 8.78 Å². The van der Waals surface area contributed by atoms with Gasteiger partial charge in [0.25, 0.3) is 0 Å². The summed E-state index contributed by atoms with van der Waals surface area (Å²) in [6.07, 6.45) is 0.893. The molecular weight excluding hydrogens is 435 g/mol. The number of hydrogen-bond acceptors (Lipinski definition) is 1. The van der Waals surface area contributed by atoms with Crippen molar-refractivity contribution in [3.8, 4) is 0 Å². The van der Waals surface area contributed by atoms with Crippen LogP contribution < -0.4 is 5.32 Å². The first kappa shape index (κ1) is 19.6. The van der Waals surface area contributed by atoms with E-state index in [0.717, 1.165) is 23.5 Å². The molecule has 25 heavy (non-hydrogen) atoms. The monoisotopic (exact) mass is 457 g/mol. The lowest BCUT2D eigenvalue weighted by atomic mass is 10.1. The van der Waals surface area contributed by atoms with E-state index >= 15 is 0 Å². The van der Waals surface area contributed by atoms with E-state index in [1.165, 1.54) is 18.2 Å². The molecule has 1 saturated carbocycles. The Kier molecular flexibility index (Phi) is 6.75. The van der Waals surface area contributed by atoms with Gasteiger partial charge in [-0.1, -0.05) is 30.3 Å². The predicted octanol–water partition coefficient (Wildman–Crippen LogP) is 4.15. The molecule has 0 saturated heterocycles. The molecule has 0 aromatic heterocycles. The number of rotatable bonds is 4. The van der Waals surface area contributed by atoms with Gasteiger partial charge in [-0.2, -0.15) is 0 Å². The Bertz CT molecular complexity index is 734. The van der Waals surface area contributed by atoms with Gasteiger partial charge in [0.15, 0.2) is 5.96 Å². The highest BCUT2D eigenvalue weighted by Crippen LogP contribution is 2.41. The molecule has 134 valence electrons. The zero-order valence-electron chi connectivity index (χ0n) is 14.2. The van der Waals surface area contributed by atoms with E-state index in [0.29, 0.717) is 6.54 Å². The number of halogens is 3. The van der Waals surface area contributed by atoms with Crippen LogP contribution in [0.15, 0.2) is 53.5 Å². The highest BCUT2D eigenvalue weighted by Gasteiger charge is 2.40. The molecule has 0 amide bonds. The largest absolute Gasteiger partial charge is 0.353 e. The number of hydrogen-bond donors (Lipinski definition) is 1. The van der Waals surface area contributed by atoms with E-state index in [4.69, 9.17) is 0 Å². The highest BCUT2D eigenvalue weighted by atomic mass is 127. The molecule has 3 rings (SSSR count). The van der Waals surface area contributed by atoms with Crippen molar-refractivity contribution in [1.29, 1.82) is 0 Å². The second-order valence-corrected chi connectivity index (χ2v) is 6.14.